The lowest BCUT2D eigenvalue weighted by atomic mass is 10.0. The van der Waals surface area contributed by atoms with Gasteiger partial charge in [0.15, 0.2) is 5.96 Å². The van der Waals surface area contributed by atoms with Crippen molar-refractivity contribution in [3.05, 3.63) is 18.2 Å². The highest BCUT2D eigenvalue weighted by Crippen LogP contribution is 2.06. The molecule has 0 radical (unpaired) electrons. The Morgan fingerprint density at radius 3 is 2.19 bits per heavy atom. The summed E-state index contributed by atoms with van der Waals surface area (Å²) >= 11 is 0. The number of aliphatic imine (C=N–C) groups is 1. The smallest absolute Gasteiger partial charge is 0.328 e. The lowest BCUT2D eigenvalue weighted by molar-refractivity contribution is -0.143. The number of unbranched alkanes of at least 4 members (excludes halogenated alkanes) is 1. The van der Waals surface area contributed by atoms with Gasteiger partial charge in [0.1, 0.15) is 18.1 Å². The SMILES string of the molecule is NCCCCC(NC(=O)C(N)CCCN=C(N)N)C(=O)NC(Cc1cnc[nH]1)C(=O)NC(CO)C(=O)O. The fourth-order valence-electron chi connectivity index (χ4n) is 3.25. The Morgan fingerprint density at radius 2 is 1.62 bits per heavy atom. The minimum absolute atomic E-state index is 0.0525. The van der Waals surface area contributed by atoms with Crippen LogP contribution >= 0.6 is 0 Å². The predicted octanol–water partition coefficient (Wildman–Crippen LogP) is -4.01. The molecule has 0 spiro atoms. The van der Waals surface area contributed by atoms with Crippen molar-refractivity contribution >= 4 is 29.7 Å². The number of hydrogen-bond donors (Lipinski definition) is 10. The monoisotopic (exact) mass is 526 g/mol. The molecule has 0 saturated heterocycles. The third-order valence-electron chi connectivity index (χ3n) is 5.29. The van der Waals surface area contributed by atoms with Crippen LogP contribution in [-0.2, 0) is 25.6 Å². The van der Waals surface area contributed by atoms with E-state index < -0.39 is 54.5 Å². The van der Waals surface area contributed by atoms with Crippen LogP contribution < -0.4 is 38.9 Å². The van der Waals surface area contributed by atoms with E-state index in [0.29, 0.717) is 38.0 Å². The molecule has 208 valence electrons. The molecule has 1 aromatic rings. The molecule has 0 saturated carbocycles. The van der Waals surface area contributed by atoms with Crippen LogP contribution in [-0.4, -0.2) is 93.7 Å². The summed E-state index contributed by atoms with van der Waals surface area (Å²) in [5.41, 5.74) is 22.5. The highest BCUT2D eigenvalue weighted by atomic mass is 16.4. The van der Waals surface area contributed by atoms with Crippen molar-refractivity contribution in [2.75, 3.05) is 19.7 Å². The zero-order valence-corrected chi connectivity index (χ0v) is 20.6. The summed E-state index contributed by atoms with van der Waals surface area (Å²) in [6, 6.07) is -4.76. The lowest BCUT2D eigenvalue weighted by Crippen LogP contribution is -2.58. The second-order valence-electron chi connectivity index (χ2n) is 8.33. The van der Waals surface area contributed by atoms with E-state index in [4.69, 9.17) is 28.0 Å². The summed E-state index contributed by atoms with van der Waals surface area (Å²) in [6.07, 6.45) is 4.81. The number of hydrogen-bond acceptors (Lipinski definition) is 9. The van der Waals surface area contributed by atoms with Crippen LogP contribution in [0.3, 0.4) is 0 Å². The van der Waals surface area contributed by atoms with Gasteiger partial charge >= 0.3 is 5.97 Å². The Bertz CT molecular complexity index is 890. The molecule has 0 aliphatic rings. The van der Waals surface area contributed by atoms with Gasteiger partial charge in [0, 0.05) is 24.9 Å². The minimum Gasteiger partial charge on any atom is -0.480 e. The number of H-pyrrole nitrogens is 1. The Balaban J connectivity index is 2.95. The van der Waals surface area contributed by atoms with E-state index in [1.165, 1.54) is 12.5 Å². The number of aliphatic hydroxyl groups is 1. The Labute approximate surface area is 214 Å². The molecule has 16 heteroatoms. The Hall–Kier alpha value is -3.76. The number of aliphatic carboxylic acids is 1. The van der Waals surface area contributed by atoms with Crippen molar-refractivity contribution < 1.29 is 29.4 Å². The van der Waals surface area contributed by atoms with Gasteiger partial charge in [-0.2, -0.15) is 0 Å². The van der Waals surface area contributed by atoms with Gasteiger partial charge in [0.2, 0.25) is 17.7 Å². The summed E-state index contributed by atoms with van der Waals surface area (Å²) in [5.74, 6) is -3.60. The highest BCUT2D eigenvalue weighted by Gasteiger charge is 2.30. The number of carbonyl (C=O) groups excluding carboxylic acids is 3. The molecular formula is C21H38N10O6. The van der Waals surface area contributed by atoms with Gasteiger partial charge in [-0.25, -0.2) is 9.78 Å². The fourth-order valence-corrected chi connectivity index (χ4v) is 3.25. The van der Waals surface area contributed by atoms with Gasteiger partial charge in [-0.3, -0.25) is 19.4 Å². The summed E-state index contributed by atoms with van der Waals surface area (Å²) in [5, 5.41) is 25.7. The topological polar surface area (TPSA) is 290 Å². The normalized spacial score (nSPS) is 14.0. The lowest BCUT2D eigenvalue weighted by Gasteiger charge is -2.25. The molecule has 37 heavy (non-hydrogen) atoms. The number of carbonyl (C=O) groups is 4. The van der Waals surface area contributed by atoms with Crippen LogP contribution in [0.2, 0.25) is 0 Å². The average Bonchev–Trinajstić information content (AvgIpc) is 3.36. The molecule has 1 rings (SSSR count). The standard InChI is InChI=1S/C21H38N10O6/c22-6-2-1-5-14(29-17(33)13(23)4-3-7-27-21(24)25)18(34)30-15(8-12-9-26-11-28-12)19(35)31-16(10-32)20(36)37/h9,11,13-16,32H,1-8,10,22-23H2,(H,26,28)(H,29,33)(H,30,34)(H,31,35)(H,36,37)(H4,24,25,27). The van der Waals surface area contributed by atoms with Crippen molar-refractivity contribution in [2.45, 2.75) is 62.7 Å². The molecular weight excluding hydrogens is 488 g/mol. The van der Waals surface area contributed by atoms with Gasteiger partial charge < -0.3 is 54.1 Å². The van der Waals surface area contributed by atoms with E-state index >= 15 is 0 Å². The van der Waals surface area contributed by atoms with E-state index in [0.717, 1.165) is 0 Å². The first-order valence-electron chi connectivity index (χ1n) is 11.8. The van der Waals surface area contributed by atoms with Crippen molar-refractivity contribution in [2.24, 2.45) is 27.9 Å². The van der Waals surface area contributed by atoms with Gasteiger partial charge in [0.05, 0.1) is 19.0 Å². The van der Waals surface area contributed by atoms with Crippen LogP contribution in [0, 0.1) is 0 Å². The summed E-state index contributed by atoms with van der Waals surface area (Å²) in [7, 11) is 0. The Kier molecular flexibility index (Phi) is 14.2. The maximum absolute atomic E-state index is 13.1. The summed E-state index contributed by atoms with van der Waals surface area (Å²) in [6.45, 7) is -0.168. The van der Waals surface area contributed by atoms with Crippen LogP contribution in [0.15, 0.2) is 17.5 Å². The number of carboxylic acids is 1. The maximum atomic E-state index is 13.1. The van der Waals surface area contributed by atoms with Crippen LogP contribution in [0.25, 0.3) is 0 Å². The molecule has 0 bridgehead atoms. The van der Waals surface area contributed by atoms with Gasteiger partial charge in [0.25, 0.3) is 0 Å². The Morgan fingerprint density at radius 1 is 0.973 bits per heavy atom. The third-order valence-corrected chi connectivity index (χ3v) is 5.29. The van der Waals surface area contributed by atoms with Crippen LogP contribution in [0.1, 0.15) is 37.8 Å². The molecule has 0 aromatic carbocycles. The number of nitrogens with two attached hydrogens (primary N) is 4. The predicted molar refractivity (Wildman–Crippen MR) is 134 cm³/mol. The summed E-state index contributed by atoms with van der Waals surface area (Å²) < 4.78 is 0. The number of carboxylic acid groups (broad SMARTS) is 1. The number of guanidine groups is 1. The molecule has 14 N–H and O–H groups in total. The molecule has 4 atom stereocenters. The van der Waals surface area contributed by atoms with Crippen molar-refractivity contribution in [1.29, 1.82) is 0 Å². The quantitative estimate of drug-likeness (QED) is 0.0499. The summed E-state index contributed by atoms with van der Waals surface area (Å²) in [4.78, 5) is 60.3. The molecule has 1 heterocycles. The number of nitrogens with zero attached hydrogens (tertiary/aromatic N) is 2. The van der Waals surface area contributed by atoms with E-state index in [1.54, 1.807) is 0 Å². The number of aromatic nitrogens is 2. The maximum Gasteiger partial charge on any atom is 0.328 e. The number of aromatic amines is 1. The number of aliphatic hydroxyl groups excluding tert-OH is 1. The number of nitrogens with one attached hydrogen (secondary N) is 4. The van der Waals surface area contributed by atoms with Crippen molar-refractivity contribution in [3.8, 4) is 0 Å². The molecule has 0 aliphatic heterocycles. The van der Waals surface area contributed by atoms with Gasteiger partial charge in [-0.1, -0.05) is 0 Å². The second-order valence-corrected chi connectivity index (χ2v) is 8.33. The van der Waals surface area contributed by atoms with E-state index in [2.05, 4.69) is 30.9 Å². The number of imidazole rings is 1. The third kappa shape index (κ3) is 12.2. The highest BCUT2D eigenvalue weighted by molar-refractivity contribution is 5.94. The van der Waals surface area contributed by atoms with Crippen molar-refractivity contribution in [3.63, 3.8) is 0 Å². The first-order valence-corrected chi connectivity index (χ1v) is 11.8. The first kappa shape index (κ1) is 31.3. The molecule has 0 fully saturated rings. The molecule has 0 aliphatic carbocycles. The van der Waals surface area contributed by atoms with Gasteiger partial charge in [-0.15, -0.1) is 0 Å². The number of rotatable bonds is 18. The molecule has 1 aromatic heterocycles. The average molecular weight is 527 g/mol. The van der Waals surface area contributed by atoms with Crippen molar-refractivity contribution in [1.82, 2.24) is 25.9 Å². The molecule has 3 amide bonds. The molecule has 16 nitrogen and oxygen atoms in total. The van der Waals surface area contributed by atoms with Gasteiger partial charge in [-0.05, 0) is 38.6 Å². The van der Waals surface area contributed by atoms with E-state index in [-0.39, 0.29) is 25.2 Å². The molecule has 4 unspecified atom stereocenters. The fraction of sp³-hybridized carbons (Fsp3) is 0.619. The first-order chi connectivity index (χ1) is 17.6. The zero-order valence-electron chi connectivity index (χ0n) is 20.6. The van der Waals surface area contributed by atoms with E-state index in [9.17, 15) is 24.3 Å². The second kappa shape index (κ2) is 16.8. The van der Waals surface area contributed by atoms with Crippen LogP contribution in [0.5, 0.6) is 0 Å². The van der Waals surface area contributed by atoms with E-state index in [1.807, 2.05) is 0 Å². The van der Waals surface area contributed by atoms with Crippen LogP contribution in [0.4, 0.5) is 0 Å². The largest absolute Gasteiger partial charge is 0.480 e. The minimum atomic E-state index is -1.56. The zero-order chi connectivity index (χ0) is 27.8. The number of amides is 3.